The second-order valence-corrected chi connectivity index (χ2v) is 6.01. The fourth-order valence-corrected chi connectivity index (χ4v) is 2.71. The van der Waals surface area contributed by atoms with E-state index in [1.54, 1.807) is 0 Å². The molecule has 0 aromatic heterocycles. The van der Waals surface area contributed by atoms with Crippen LogP contribution in [0.3, 0.4) is 0 Å². The Balaban J connectivity index is 2.03. The van der Waals surface area contributed by atoms with Gasteiger partial charge in [0.2, 0.25) is 11.8 Å². The molecule has 0 aliphatic carbocycles. The highest BCUT2D eigenvalue weighted by molar-refractivity contribution is 5.93. The second kappa shape index (κ2) is 4.75. The minimum Gasteiger partial charge on any atom is -0.342 e. The number of amides is 2. The van der Waals surface area contributed by atoms with Gasteiger partial charge in [-0.2, -0.15) is 0 Å². The Hall–Kier alpha value is -1.32. The summed E-state index contributed by atoms with van der Waals surface area (Å²) in [5, 5.41) is 2.81. The molecule has 18 heavy (non-hydrogen) atoms. The molecule has 2 heterocycles. The number of piperidine rings is 1. The van der Waals surface area contributed by atoms with E-state index in [1.807, 2.05) is 4.90 Å². The molecule has 1 spiro atoms. The van der Waals surface area contributed by atoms with E-state index in [1.165, 1.54) is 0 Å². The van der Waals surface area contributed by atoms with Gasteiger partial charge in [-0.05, 0) is 25.2 Å². The summed E-state index contributed by atoms with van der Waals surface area (Å²) in [6.07, 6.45) is 2.90. The highest BCUT2D eigenvalue weighted by atomic mass is 16.2. The third kappa shape index (κ3) is 2.42. The van der Waals surface area contributed by atoms with Crippen LogP contribution >= 0.6 is 0 Å². The summed E-state index contributed by atoms with van der Waals surface area (Å²) in [5.74, 6) is 0.687. The maximum atomic E-state index is 12.1. The highest BCUT2D eigenvalue weighted by Crippen LogP contribution is 2.39. The fraction of sp³-hybridized carbons (Fsp3) is 0.714. The molecule has 2 saturated heterocycles. The Morgan fingerprint density at radius 1 is 1.44 bits per heavy atom. The first-order valence-electron chi connectivity index (χ1n) is 6.70. The Morgan fingerprint density at radius 2 is 2.17 bits per heavy atom. The molecule has 2 aliphatic rings. The number of carbonyl (C=O) groups is 2. The summed E-state index contributed by atoms with van der Waals surface area (Å²) in [4.78, 5) is 26.0. The van der Waals surface area contributed by atoms with Crippen molar-refractivity contribution in [1.29, 1.82) is 0 Å². The van der Waals surface area contributed by atoms with Crippen molar-refractivity contribution >= 4 is 11.8 Å². The summed E-state index contributed by atoms with van der Waals surface area (Å²) >= 11 is 0. The lowest BCUT2D eigenvalue weighted by Crippen LogP contribution is -2.46. The molecule has 4 heteroatoms. The lowest BCUT2D eigenvalue weighted by atomic mass is 9.78. The van der Waals surface area contributed by atoms with E-state index in [-0.39, 0.29) is 11.8 Å². The van der Waals surface area contributed by atoms with Gasteiger partial charge in [0, 0.05) is 25.2 Å². The van der Waals surface area contributed by atoms with Gasteiger partial charge in [-0.3, -0.25) is 9.59 Å². The van der Waals surface area contributed by atoms with Crippen LogP contribution in [0.15, 0.2) is 12.3 Å². The van der Waals surface area contributed by atoms with Crippen molar-refractivity contribution in [3.05, 3.63) is 12.3 Å². The minimum absolute atomic E-state index is 0.0147. The van der Waals surface area contributed by atoms with Gasteiger partial charge in [-0.15, -0.1) is 0 Å². The summed E-state index contributed by atoms with van der Waals surface area (Å²) in [5.41, 5.74) is 0.286. The van der Waals surface area contributed by atoms with Crippen LogP contribution in [-0.2, 0) is 9.59 Å². The van der Waals surface area contributed by atoms with Crippen LogP contribution in [0.1, 0.15) is 39.5 Å². The Kier molecular flexibility index (Phi) is 3.46. The lowest BCUT2D eigenvalue weighted by Gasteiger charge is -2.32. The van der Waals surface area contributed by atoms with E-state index in [9.17, 15) is 9.59 Å². The Morgan fingerprint density at radius 3 is 2.78 bits per heavy atom. The molecule has 1 unspecified atom stereocenters. The zero-order valence-corrected chi connectivity index (χ0v) is 11.3. The molecule has 2 fully saturated rings. The van der Waals surface area contributed by atoms with Crippen LogP contribution in [0, 0.1) is 11.3 Å². The summed E-state index contributed by atoms with van der Waals surface area (Å²) < 4.78 is 0. The maximum Gasteiger partial charge on any atom is 0.232 e. The Labute approximate surface area is 108 Å². The van der Waals surface area contributed by atoms with E-state index in [0.29, 0.717) is 18.9 Å². The fourth-order valence-electron chi connectivity index (χ4n) is 2.71. The van der Waals surface area contributed by atoms with E-state index in [2.05, 4.69) is 25.7 Å². The molecule has 2 rings (SSSR count). The molecule has 1 N–H and O–H groups in total. The number of allylic oxidation sites excluding steroid dienone is 1. The molecule has 2 aliphatic heterocycles. The molecule has 2 amide bonds. The maximum absolute atomic E-state index is 12.1. The van der Waals surface area contributed by atoms with E-state index in [4.69, 9.17) is 0 Å². The average molecular weight is 250 g/mol. The van der Waals surface area contributed by atoms with Gasteiger partial charge in [0.15, 0.2) is 0 Å². The molecule has 0 saturated carbocycles. The van der Waals surface area contributed by atoms with Crippen molar-refractivity contribution in [2.75, 3.05) is 13.1 Å². The van der Waals surface area contributed by atoms with E-state index in [0.717, 1.165) is 31.5 Å². The first-order chi connectivity index (χ1) is 8.43. The normalized spacial score (nSPS) is 28.4. The molecular formula is C14H22N2O2. The molecule has 4 nitrogen and oxygen atoms in total. The highest BCUT2D eigenvalue weighted by Gasteiger charge is 2.49. The largest absolute Gasteiger partial charge is 0.342 e. The van der Waals surface area contributed by atoms with Crippen LogP contribution < -0.4 is 5.32 Å². The van der Waals surface area contributed by atoms with Crippen molar-refractivity contribution in [3.8, 4) is 0 Å². The van der Waals surface area contributed by atoms with Gasteiger partial charge in [0.1, 0.15) is 0 Å². The van der Waals surface area contributed by atoms with Gasteiger partial charge in [0.25, 0.3) is 0 Å². The van der Waals surface area contributed by atoms with Crippen LogP contribution in [0.25, 0.3) is 0 Å². The van der Waals surface area contributed by atoms with Crippen LogP contribution in [0.5, 0.6) is 0 Å². The molecular weight excluding hydrogens is 228 g/mol. The van der Waals surface area contributed by atoms with Gasteiger partial charge < -0.3 is 10.2 Å². The van der Waals surface area contributed by atoms with E-state index >= 15 is 0 Å². The van der Waals surface area contributed by atoms with Crippen LogP contribution in [0.4, 0.5) is 0 Å². The van der Waals surface area contributed by atoms with Gasteiger partial charge in [-0.1, -0.05) is 20.4 Å². The van der Waals surface area contributed by atoms with Crippen LogP contribution in [0.2, 0.25) is 0 Å². The van der Waals surface area contributed by atoms with Crippen molar-refractivity contribution in [1.82, 2.24) is 10.2 Å². The second-order valence-electron chi connectivity index (χ2n) is 6.01. The van der Waals surface area contributed by atoms with Crippen LogP contribution in [-0.4, -0.2) is 29.8 Å². The first-order valence-corrected chi connectivity index (χ1v) is 6.70. The summed E-state index contributed by atoms with van der Waals surface area (Å²) in [6, 6.07) is 0. The topological polar surface area (TPSA) is 49.4 Å². The molecule has 0 radical (unpaired) electrons. The van der Waals surface area contributed by atoms with Crippen molar-refractivity contribution in [3.63, 3.8) is 0 Å². The third-order valence-corrected chi connectivity index (χ3v) is 3.99. The van der Waals surface area contributed by atoms with Gasteiger partial charge in [0.05, 0.1) is 5.41 Å². The van der Waals surface area contributed by atoms with Crippen molar-refractivity contribution in [2.24, 2.45) is 11.3 Å². The third-order valence-electron chi connectivity index (χ3n) is 3.99. The smallest absolute Gasteiger partial charge is 0.232 e. The zero-order valence-electron chi connectivity index (χ0n) is 11.3. The molecule has 0 aromatic rings. The summed E-state index contributed by atoms with van der Waals surface area (Å²) in [6.45, 7) is 9.43. The number of likely N-dealkylation sites (tertiary alicyclic amines) is 1. The summed E-state index contributed by atoms with van der Waals surface area (Å²) in [7, 11) is 0. The molecule has 100 valence electrons. The predicted molar refractivity (Wildman–Crippen MR) is 69.6 cm³/mol. The zero-order chi connectivity index (χ0) is 13.3. The number of nitrogens with zero attached hydrogens (tertiary/aromatic N) is 1. The average Bonchev–Trinajstić information content (AvgIpc) is 2.60. The van der Waals surface area contributed by atoms with Crippen molar-refractivity contribution in [2.45, 2.75) is 39.5 Å². The predicted octanol–water partition coefficient (Wildman–Crippen LogP) is 1.67. The number of hydrogen-bond acceptors (Lipinski definition) is 2. The van der Waals surface area contributed by atoms with Gasteiger partial charge in [-0.25, -0.2) is 0 Å². The SMILES string of the molecule is C=C1CCC2(CC(=O)N(CCC(C)C)C2)C(=O)N1. The number of carbonyl (C=O) groups excluding carboxylic acids is 2. The minimum atomic E-state index is -0.491. The number of hydrogen-bond donors (Lipinski definition) is 1. The lowest BCUT2D eigenvalue weighted by molar-refractivity contribution is -0.133. The molecule has 1 atom stereocenters. The standard InChI is InChI=1S/C14H22N2O2/c1-10(2)5-7-16-9-14(8-12(16)17)6-4-11(3)15-13(14)18/h10H,3-9H2,1-2H3,(H,15,18). The molecule has 0 aromatic carbocycles. The van der Waals surface area contributed by atoms with Crippen molar-refractivity contribution < 1.29 is 9.59 Å². The monoisotopic (exact) mass is 250 g/mol. The van der Waals surface area contributed by atoms with Gasteiger partial charge >= 0.3 is 0 Å². The van der Waals surface area contributed by atoms with E-state index < -0.39 is 5.41 Å². The number of rotatable bonds is 3. The Bertz CT molecular complexity index is 389. The first kappa shape index (κ1) is 13.1. The number of nitrogens with one attached hydrogen (secondary N) is 1. The quantitative estimate of drug-likeness (QED) is 0.828. The molecule has 0 bridgehead atoms.